The number of rotatable bonds is 7. The van der Waals surface area contributed by atoms with Crippen molar-refractivity contribution in [2.24, 2.45) is 5.73 Å². The molecule has 0 aromatic heterocycles. The molecule has 0 rings (SSSR count). The molecule has 1 atom stereocenters. The van der Waals surface area contributed by atoms with Crippen molar-refractivity contribution in [1.82, 2.24) is 5.32 Å². The Bertz CT molecular complexity index is 193. The fraction of sp³-hybridized carbons (Fsp3) is 0.900. The van der Waals surface area contributed by atoms with Gasteiger partial charge in [0.25, 0.3) is 0 Å². The van der Waals surface area contributed by atoms with Crippen molar-refractivity contribution < 1.29 is 15.0 Å². The van der Waals surface area contributed by atoms with Crippen LogP contribution in [-0.4, -0.2) is 40.9 Å². The molecular weight excluding hydrogens is 196 g/mol. The standard InChI is InChI=1S/C10H22N2O3/c1-3-4-5-8(11)9(15)12-10(2,6-13)7-14/h8,13-14H,3-7,11H2,1-2H3,(H,12,15)/t8-/m0/s1. The third-order valence-electron chi connectivity index (χ3n) is 2.33. The van der Waals surface area contributed by atoms with Gasteiger partial charge in [-0.05, 0) is 13.3 Å². The van der Waals surface area contributed by atoms with Gasteiger partial charge in [0.1, 0.15) is 0 Å². The lowest BCUT2D eigenvalue weighted by Crippen LogP contribution is -2.56. The van der Waals surface area contributed by atoms with Crippen LogP contribution in [0.1, 0.15) is 33.1 Å². The first-order chi connectivity index (χ1) is 6.99. The van der Waals surface area contributed by atoms with E-state index in [1.807, 2.05) is 6.92 Å². The van der Waals surface area contributed by atoms with Crippen LogP contribution in [0.5, 0.6) is 0 Å². The molecule has 0 aliphatic carbocycles. The second-order valence-electron chi connectivity index (χ2n) is 4.11. The number of carbonyl (C=O) groups is 1. The third kappa shape index (κ3) is 5.11. The molecule has 1 amide bonds. The Morgan fingerprint density at radius 3 is 2.40 bits per heavy atom. The van der Waals surface area contributed by atoms with E-state index in [1.165, 1.54) is 0 Å². The molecule has 90 valence electrons. The van der Waals surface area contributed by atoms with E-state index in [2.05, 4.69) is 5.32 Å². The van der Waals surface area contributed by atoms with E-state index in [0.29, 0.717) is 6.42 Å². The number of nitrogens with one attached hydrogen (secondary N) is 1. The van der Waals surface area contributed by atoms with Gasteiger partial charge in [-0.3, -0.25) is 4.79 Å². The molecule has 0 spiro atoms. The molecule has 15 heavy (non-hydrogen) atoms. The molecule has 0 bridgehead atoms. The van der Waals surface area contributed by atoms with Gasteiger partial charge in [0.15, 0.2) is 0 Å². The molecule has 5 nitrogen and oxygen atoms in total. The molecule has 0 radical (unpaired) electrons. The van der Waals surface area contributed by atoms with Crippen molar-refractivity contribution in [3.05, 3.63) is 0 Å². The van der Waals surface area contributed by atoms with E-state index < -0.39 is 11.6 Å². The van der Waals surface area contributed by atoms with Crippen LogP contribution >= 0.6 is 0 Å². The summed E-state index contributed by atoms with van der Waals surface area (Å²) in [5.74, 6) is -0.325. The third-order valence-corrected chi connectivity index (χ3v) is 2.33. The topological polar surface area (TPSA) is 95.6 Å². The Morgan fingerprint density at radius 2 is 2.00 bits per heavy atom. The maximum atomic E-state index is 11.5. The van der Waals surface area contributed by atoms with Gasteiger partial charge in [0.2, 0.25) is 5.91 Å². The minimum Gasteiger partial charge on any atom is -0.394 e. The first-order valence-corrected chi connectivity index (χ1v) is 5.28. The number of aliphatic hydroxyl groups is 2. The van der Waals surface area contributed by atoms with Gasteiger partial charge in [-0.25, -0.2) is 0 Å². The summed E-state index contributed by atoms with van der Waals surface area (Å²) >= 11 is 0. The first-order valence-electron chi connectivity index (χ1n) is 5.28. The quantitative estimate of drug-likeness (QED) is 0.457. The lowest BCUT2D eigenvalue weighted by molar-refractivity contribution is -0.125. The number of aliphatic hydroxyl groups excluding tert-OH is 2. The summed E-state index contributed by atoms with van der Waals surface area (Å²) < 4.78 is 0. The second-order valence-corrected chi connectivity index (χ2v) is 4.11. The second kappa shape index (κ2) is 6.76. The number of nitrogens with two attached hydrogens (primary N) is 1. The van der Waals surface area contributed by atoms with Gasteiger partial charge in [-0.15, -0.1) is 0 Å². The van der Waals surface area contributed by atoms with E-state index in [1.54, 1.807) is 6.92 Å². The van der Waals surface area contributed by atoms with E-state index in [9.17, 15) is 4.79 Å². The Balaban J connectivity index is 4.10. The SMILES string of the molecule is CCCC[C@H](N)C(=O)NC(C)(CO)CO. The highest BCUT2D eigenvalue weighted by Crippen LogP contribution is 2.03. The zero-order valence-corrected chi connectivity index (χ0v) is 9.49. The molecule has 0 unspecified atom stereocenters. The highest BCUT2D eigenvalue weighted by molar-refractivity contribution is 5.82. The predicted molar refractivity (Wildman–Crippen MR) is 58.2 cm³/mol. The van der Waals surface area contributed by atoms with Crippen LogP contribution in [0.15, 0.2) is 0 Å². The van der Waals surface area contributed by atoms with Crippen molar-refractivity contribution in [2.75, 3.05) is 13.2 Å². The monoisotopic (exact) mass is 218 g/mol. The fourth-order valence-electron chi connectivity index (χ4n) is 1.07. The molecule has 0 aromatic carbocycles. The van der Waals surface area contributed by atoms with Crippen molar-refractivity contribution in [3.63, 3.8) is 0 Å². The normalized spacial score (nSPS) is 13.7. The summed E-state index contributed by atoms with van der Waals surface area (Å²) in [6, 6.07) is -0.567. The summed E-state index contributed by atoms with van der Waals surface area (Å²) in [6.07, 6.45) is 2.50. The number of amides is 1. The molecule has 0 fully saturated rings. The average molecular weight is 218 g/mol. The van der Waals surface area contributed by atoms with Crippen LogP contribution in [0.2, 0.25) is 0 Å². The smallest absolute Gasteiger partial charge is 0.237 e. The molecule has 0 heterocycles. The molecule has 0 saturated carbocycles. The molecule has 0 aliphatic heterocycles. The van der Waals surface area contributed by atoms with Gasteiger partial charge in [0, 0.05) is 0 Å². The molecule has 5 heteroatoms. The summed E-state index contributed by atoms with van der Waals surface area (Å²) in [6.45, 7) is 2.97. The van der Waals surface area contributed by atoms with E-state index in [-0.39, 0.29) is 19.1 Å². The van der Waals surface area contributed by atoms with E-state index in [0.717, 1.165) is 12.8 Å². The fourth-order valence-corrected chi connectivity index (χ4v) is 1.07. The number of unbranched alkanes of at least 4 members (excludes halogenated alkanes) is 1. The predicted octanol–water partition coefficient (Wildman–Crippen LogP) is -0.637. The van der Waals surface area contributed by atoms with Crippen LogP contribution < -0.4 is 11.1 Å². The Morgan fingerprint density at radius 1 is 1.47 bits per heavy atom. The number of hydrogen-bond acceptors (Lipinski definition) is 4. The molecular formula is C10H22N2O3. The van der Waals surface area contributed by atoms with Crippen molar-refractivity contribution in [1.29, 1.82) is 0 Å². The van der Waals surface area contributed by atoms with Crippen molar-refractivity contribution >= 4 is 5.91 Å². The first kappa shape index (κ1) is 14.3. The number of hydrogen-bond donors (Lipinski definition) is 4. The van der Waals surface area contributed by atoms with Crippen LogP contribution in [-0.2, 0) is 4.79 Å². The van der Waals surface area contributed by atoms with Gasteiger partial charge in [-0.2, -0.15) is 0 Å². The highest BCUT2D eigenvalue weighted by atomic mass is 16.3. The van der Waals surface area contributed by atoms with Crippen LogP contribution in [0.4, 0.5) is 0 Å². The van der Waals surface area contributed by atoms with Crippen LogP contribution in [0, 0.1) is 0 Å². The number of carbonyl (C=O) groups excluding carboxylic acids is 1. The van der Waals surface area contributed by atoms with Gasteiger partial charge in [-0.1, -0.05) is 19.8 Å². The maximum Gasteiger partial charge on any atom is 0.237 e. The zero-order valence-electron chi connectivity index (χ0n) is 9.49. The van der Waals surface area contributed by atoms with Crippen molar-refractivity contribution in [3.8, 4) is 0 Å². The Labute approximate surface area is 90.7 Å². The molecule has 0 aromatic rings. The zero-order chi connectivity index (χ0) is 11.9. The van der Waals surface area contributed by atoms with Crippen LogP contribution in [0.3, 0.4) is 0 Å². The van der Waals surface area contributed by atoms with E-state index in [4.69, 9.17) is 15.9 Å². The Kier molecular flexibility index (Phi) is 6.47. The van der Waals surface area contributed by atoms with Gasteiger partial charge < -0.3 is 21.3 Å². The molecule has 0 saturated heterocycles. The highest BCUT2D eigenvalue weighted by Gasteiger charge is 2.26. The Hall–Kier alpha value is -0.650. The maximum absolute atomic E-state index is 11.5. The summed E-state index contributed by atoms with van der Waals surface area (Å²) in [5, 5.41) is 20.5. The molecule has 5 N–H and O–H groups in total. The summed E-state index contributed by atoms with van der Waals surface area (Å²) in [4.78, 5) is 11.5. The molecule has 0 aliphatic rings. The summed E-state index contributed by atoms with van der Waals surface area (Å²) in [5.41, 5.74) is 4.66. The van der Waals surface area contributed by atoms with E-state index >= 15 is 0 Å². The van der Waals surface area contributed by atoms with Crippen molar-refractivity contribution in [2.45, 2.75) is 44.7 Å². The van der Waals surface area contributed by atoms with Gasteiger partial charge >= 0.3 is 0 Å². The minimum absolute atomic E-state index is 0.310. The lowest BCUT2D eigenvalue weighted by atomic mass is 10.0. The average Bonchev–Trinajstić information content (AvgIpc) is 2.25. The largest absolute Gasteiger partial charge is 0.394 e. The van der Waals surface area contributed by atoms with Gasteiger partial charge in [0.05, 0.1) is 24.8 Å². The minimum atomic E-state index is -0.985. The lowest BCUT2D eigenvalue weighted by Gasteiger charge is -2.27. The van der Waals surface area contributed by atoms with Crippen LogP contribution in [0.25, 0.3) is 0 Å². The summed E-state index contributed by atoms with van der Waals surface area (Å²) in [7, 11) is 0.